The van der Waals surface area contributed by atoms with Crippen LogP contribution >= 0.6 is 23.2 Å². The Labute approximate surface area is 314 Å². The van der Waals surface area contributed by atoms with Crippen molar-refractivity contribution in [1.29, 1.82) is 0 Å². The normalized spacial score (nSPS) is 14.5. The monoisotopic (exact) mass is 742 g/mol. The van der Waals surface area contributed by atoms with Crippen LogP contribution in [-0.4, -0.2) is 63.3 Å². The molecule has 4 heterocycles. The molecule has 3 aromatic heterocycles. The zero-order valence-electron chi connectivity index (χ0n) is 30.3. The molecule has 0 unspecified atom stereocenters. The van der Waals surface area contributed by atoms with Crippen molar-refractivity contribution >= 4 is 46.1 Å². The second kappa shape index (κ2) is 15.5. The number of amides is 2. The first-order valence-electron chi connectivity index (χ1n) is 17.4. The molecule has 0 radical (unpaired) electrons. The molecule has 272 valence electrons. The Bertz CT molecular complexity index is 2130. The fourth-order valence-electron chi connectivity index (χ4n) is 6.54. The molecule has 1 aliphatic rings. The zero-order valence-corrected chi connectivity index (χ0v) is 31.9. The number of pyridine rings is 2. The van der Waals surface area contributed by atoms with Gasteiger partial charge in [-0.05, 0) is 63.6 Å². The number of nitrogens with one attached hydrogen (secondary N) is 2. The van der Waals surface area contributed by atoms with Crippen LogP contribution in [0.15, 0.2) is 67.0 Å². The summed E-state index contributed by atoms with van der Waals surface area (Å²) < 4.78 is 13.6. The summed E-state index contributed by atoms with van der Waals surface area (Å²) in [6.45, 7) is 9.72. The SMILES string of the molecule is CCNCc1cn(C)c2cc(-c3nccc(-c4cccc(-c5ccc(CN(C[C@@H]6CCC(=O)N6)C(=O)OC(C)(C)C)c(OC)n5)c4Cl)c3Cl)ccc12. The first-order valence-corrected chi connectivity index (χ1v) is 18.2. The molecule has 10 nitrogen and oxygen atoms in total. The van der Waals surface area contributed by atoms with Gasteiger partial charge < -0.3 is 29.6 Å². The molecule has 2 amide bonds. The summed E-state index contributed by atoms with van der Waals surface area (Å²) in [6, 6.07) is 17.5. The fraction of sp³-hybridized carbons (Fsp3) is 0.350. The lowest BCUT2D eigenvalue weighted by atomic mass is 9.99. The van der Waals surface area contributed by atoms with Crippen LogP contribution in [0, 0.1) is 0 Å². The van der Waals surface area contributed by atoms with Crippen LogP contribution in [0.25, 0.3) is 44.5 Å². The third kappa shape index (κ3) is 8.04. The minimum absolute atomic E-state index is 0.0241. The number of fused-ring (bicyclic) bond motifs is 1. The van der Waals surface area contributed by atoms with E-state index in [0.29, 0.717) is 57.8 Å². The van der Waals surface area contributed by atoms with Crippen molar-refractivity contribution in [2.75, 3.05) is 20.2 Å². The van der Waals surface area contributed by atoms with Crippen LogP contribution in [0.5, 0.6) is 5.88 Å². The van der Waals surface area contributed by atoms with Gasteiger partial charge in [0.25, 0.3) is 0 Å². The smallest absolute Gasteiger partial charge is 0.410 e. The van der Waals surface area contributed by atoms with Crippen LogP contribution in [0.2, 0.25) is 10.0 Å². The maximum atomic E-state index is 13.3. The van der Waals surface area contributed by atoms with Crippen LogP contribution in [0.4, 0.5) is 4.79 Å². The summed E-state index contributed by atoms with van der Waals surface area (Å²) >= 11 is 14.3. The van der Waals surface area contributed by atoms with Crippen LogP contribution in [0.1, 0.15) is 51.7 Å². The Kier molecular flexibility index (Phi) is 11.1. The summed E-state index contributed by atoms with van der Waals surface area (Å²) in [5, 5.41) is 8.50. The van der Waals surface area contributed by atoms with Crippen molar-refractivity contribution in [2.45, 2.75) is 65.3 Å². The van der Waals surface area contributed by atoms with Crippen molar-refractivity contribution in [3.8, 4) is 39.5 Å². The van der Waals surface area contributed by atoms with E-state index in [2.05, 4.69) is 51.5 Å². The van der Waals surface area contributed by atoms with E-state index in [1.54, 1.807) is 11.1 Å². The number of rotatable bonds is 11. The lowest BCUT2D eigenvalue weighted by molar-refractivity contribution is -0.119. The van der Waals surface area contributed by atoms with Crippen molar-refractivity contribution in [2.24, 2.45) is 7.05 Å². The predicted octanol–water partition coefficient (Wildman–Crippen LogP) is 8.41. The number of nitrogens with zero attached hydrogens (tertiary/aromatic N) is 4. The number of aromatic nitrogens is 3. The van der Waals surface area contributed by atoms with E-state index < -0.39 is 11.7 Å². The fourth-order valence-corrected chi connectivity index (χ4v) is 7.19. The number of methoxy groups -OCH3 is 1. The largest absolute Gasteiger partial charge is 0.481 e. The summed E-state index contributed by atoms with van der Waals surface area (Å²) in [5.41, 5.74) is 6.65. The molecule has 1 saturated heterocycles. The van der Waals surface area contributed by atoms with E-state index in [9.17, 15) is 9.59 Å². The average Bonchev–Trinajstić information content (AvgIpc) is 3.67. The van der Waals surface area contributed by atoms with Crippen molar-refractivity contribution < 1.29 is 19.1 Å². The molecule has 52 heavy (non-hydrogen) atoms. The number of benzene rings is 2. The molecule has 5 aromatic rings. The average molecular weight is 744 g/mol. The minimum Gasteiger partial charge on any atom is -0.481 e. The molecule has 0 spiro atoms. The molecule has 0 bridgehead atoms. The van der Waals surface area contributed by atoms with Gasteiger partial charge >= 0.3 is 6.09 Å². The van der Waals surface area contributed by atoms with Crippen molar-refractivity contribution in [1.82, 2.24) is 30.1 Å². The van der Waals surface area contributed by atoms with Gasteiger partial charge in [0, 0.05) is 83.7 Å². The van der Waals surface area contributed by atoms with Gasteiger partial charge in [-0.1, -0.05) is 60.5 Å². The van der Waals surface area contributed by atoms with E-state index in [-0.39, 0.29) is 18.5 Å². The first-order chi connectivity index (χ1) is 24.9. The van der Waals surface area contributed by atoms with Gasteiger partial charge in [-0.15, -0.1) is 0 Å². The van der Waals surface area contributed by atoms with Gasteiger partial charge in [0.1, 0.15) is 5.60 Å². The maximum Gasteiger partial charge on any atom is 0.410 e. The van der Waals surface area contributed by atoms with E-state index in [1.807, 2.05) is 64.2 Å². The Morgan fingerprint density at radius 1 is 1.06 bits per heavy atom. The van der Waals surface area contributed by atoms with E-state index >= 15 is 0 Å². The van der Waals surface area contributed by atoms with Gasteiger partial charge in [-0.3, -0.25) is 9.78 Å². The van der Waals surface area contributed by atoms with Gasteiger partial charge in [0.05, 0.1) is 35.1 Å². The highest BCUT2D eigenvalue weighted by Crippen LogP contribution is 2.42. The maximum absolute atomic E-state index is 13.3. The Morgan fingerprint density at radius 3 is 2.54 bits per heavy atom. The molecular weight excluding hydrogens is 699 g/mol. The molecule has 1 aliphatic heterocycles. The van der Waals surface area contributed by atoms with E-state index in [4.69, 9.17) is 37.7 Å². The van der Waals surface area contributed by atoms with Gasteiger partial charge in [-0.2, -0.15) is 0 Å². The molecular formula is C40H44Cl2N6O4. The highest BCUT2D eigenvalue weighted by molar-refractivity contribution is 6.39. The van der Waals surface area contributed by atoms with E-state index in [1.165, 1.54) is 18.1 Å². The number of carbonyl (C=O) groups is 2. The summed E-state index contributed by atoms with van der Waals surface area (Å²) in [5.74, 6) is 0.320. The minimum atomic E-state index is -0.689. The van der Waals surface area contributed by atoms with Crippen LogP contribution < -0.4 is 15.4 Å². The number of aryl methyl sites for hydroxylation is 1. The summed E-state index contributed by atoms with van der Waals surface area (Å²) in [4.78, 5) is 36.3. The number of carbonyl (C=O) groups excluding carboxylic acids is 2. The van der Waals surface area contributed by atoms with Crippen molar-refractivity contribution in [3.05, 3.63) is 88.2 Å². The molecule has 0 saturated carbocycles. The lowest BCUT2D eigenvalue weighted by Gasteiger charge is -2.29. The number of halogens is 2. The first kappa shape index (κ1) is 37.1. The molecule has 12 heteroatoms. The standard InChI is InChI=1S/C40H44Cl2N6O4/c1-7-43-20-26-21-47(5)33-19-24(11-14-28(26)33)37-36(42)30(17-18-44-37)29-9-8-10-31(35(29)41)32-15-12-25(38(46-32)51-6)22-48(39(50)52-40(2,3)4)23-27-13-16-34(49)45-27/h8-12,14-15,17-19,21,27,43H,7,13,16,20,22-23H2,1-6H3,(H,45,49)/t27-/m0/s1. The molecule has 6 rings (SSSR count). The topological polar surface area (TPSA) is 111 Å². The molecule has 1 atom stereocenters. The van der Waals surface area contributed by atoms with Gasteiger partial charge in [0.2, 0.25) is 11.8 Å². The molecule has 2 N–H and O–H groups in total. The lowest BCUT2D eigenvalue weighted by Crippen LogP contribution is -2.43. The van der Waals surface area contributed by atoms with Gasteiger partial charge in [-0.25, -0.2) is 9.78 Å². The number of hydrogen-bond acceptors (Lipinski definition) is 7. The third-order valence-electron chi connectivity index (χ3n) is 9.04. The molecule has 0 aliphatic carbocycles. The zero-order chi connectivity index (χ0) is 37.2. The van der Waals surface area contributed by atoms with Crippen LogP contribution in [0.3, 0.4) is 0 Å². The number of hydrogen-bond donors (Lipinski definition) is 2. The summed E-state index contributed by atoms with van der Waals surface area (Å²) in [7, 11) is 3.58. The Hall–Kier alpha value is -4.64. The third-order valence-corrected chi connectivity index (χ3v) is 9.83. The second-order valence-corrected chi connectivity index (χ2v) is 14.8. The predicted molar refractivity (Wildman–Crippen MR) is 207 cm³/mol. The van der Waals surface area contributed by atoms with E-state index in [0.717, 1.165) is 35.3 Å². The Morgan fingerprint density at radius 2 is 1.83 bits per heavy atom. The quantitative estimate of drug-likeness (QED) is 0.140. The van der Waals surface area contributed by atoms with Gasteiger partial charge in [0.15, 0.2) is 0 Å². The Balaban J connectivity index is 1.30. The van der Waals surface area contributed by atoms with Crippen LogP contribution in [-0.2, 0) is 29.7 Å². The number of ether oxygens (including phenoxy) is 2. The molecule has 1 fully saturated rings. The molecule has 2 aromatic carbocycles. The highest BCUT2D eigenvalue weighted by atomic mass is 35.5. The summed E-state index contributed by atoms with van der Waals surface area (Å²) in [6.07, 6.45) is 4.48. The second-order valence-electron chi connectivity index (χ2n) is 14.0. The van der Waals surface area contributed by atoms with Crippen molar-refractivity contribution in [3.63, 3.8) is 0 Å². The highest BCUT2D eigenvalue weighted by Gasteiger charge is 2.29.